The highest BCUT2D eigenvalue weighted by atomic mass is 19.1. The Kier molecular flexibility index (Phi) is 1.17. The van der Waals surface area contributed by atoms with Gasteiger partial charge >= 0.3 is 0 Å². The van der Waals surface area contributed by atoms with Crippen molar-refractivity contribution in [2.45, 2.75) is 6.10 Å². The summed E-state index contributed by atoms with van der Waals surface area (Å²) in [5.41, 5.74) is 0.620. The molecule has 10 heavy (non-hydrogen) atoms. The largest absolute Gasteiger partial charge is 0.368 e. The quantitative estimate of drug-likeness (QED) is 0.548. The minimum atomic E-state index is -0.273. The molecule has 1 fully saturated rings. The number of aromatic nitrogens is 1. The molecule has 1 aromatic heterocycles. The van der Waals surface area contributed by atoms with Gasteiger partial charge < -0.3 is 4.74 Å². The number of halogens is 1. The summed E-state index contributed by atoms with van der Waals surface area (Å²) in [5.74, 6) is -0.273. The van der Waals surface area contributed by atoms with Gasteiger partial charge in [0.25, 0.3) is 0 Å². The van der Waals surface area contributed by atoms with E-state index in [4.69, 9.17) is 4.74 Å². The van der Waals surface area contributed by atoms with Crippen LogP contribution in [0.2, 0.25) is 0 Å². The fourth-order valence-electron chi connectivity index (χ4n) is 0.875. The molecule has 0 radical (unpaired) electrons. The molecule has 0 N–H and O–H groups in total. The topological polar surface area (TPSA) is 25.4 Å². The number of pyridine rings is 1. The molecule has 0 bridgehead atoms. The summed E-state index contributed by atoms with van der Waals surface area (Å²) in [6.07, 6.45) is 2.76. The minimum absolute atomic E-state index is 0.0111. The van der Waals surface area contributed by atoms with Gasteiger partial charge in [-0.05, 0) is 6.07 Å². The van der Waals surface area contributed by atoms with Crippen LogP contribution >= 0.6 is 0 Å². The van der Waals surface area contributed by atoms with Gasteiger partial charge in [-0.3, -0.25) is 4.98 Å². The lowest BCUT2D eigenvalue weighted by molar-refractivity contribution is 0.407. The number of epoxide rings is 1. The third-order valence-electron chi connectivity index (χ3n) is 1.48. The maximum atomic E-state index is 12.7. The van der Waals surface area contributed by atoms with E-state index in [0.717, 1.165) is 0 Å². The second-order valence-electron chi connectivity index (χ2n) is 2.22. The van der Waals surface area contributed by atoms with Gasteiger partial charge in [-0.1, -0.05) is 0 Å². The summed E-state index contributed by atoms with van der Waals surface area (Å²) < 4.78 is 17.6. The zero-order chi connectivity index (χ0) is 6.97. The Morgan fingerprint density at radius 1 is 1.70 bits per heavy atom. The van der Waals surface area contributed by atoms with Crippen LogP contribution in [0.4, 0.5) is 4.39 Å². The van der Waals surface area contributed by atoms with E-state index in [0.29, 0.717) is 12.2 Å². The predicted molar refractivity (Wildman–Crippen MR) is 32.9 cm³/mol. The monoisotopic (exact) mass is 139 g/mol. The summed E-state index contributed by atoms with van der Waals surface area (Å²) >= 11 is 0. The lowest BCUT2D eigenvalue weighted by Gasteiger charge is -1.94. The first-order chi connectivity index (χ1) is 4.88. The smallest absolute Gasteiger partial charge is 0.147 e. The van der Waals surface area contributed by atoms with Crippen molar-refractivity contribution < 1.29 is 9.13 Å². The van der Waals surface area contributed by atoms with Crippen LogP contribution in [-0.4, -0.2) is 11.6 Å². The molecule has 0 amide bonds. The molecule has 0 saturated carbocycles. The third-order valence-corrected chi connectivity index (χ3v) is 1.48. The highest BCUT2D eigenvalue weighted by Crippen LogP contribution is 2.30. The summed E-state index contributed by atoms with van der Waals surface area (Å²) in [6.45, 7) is 0.640. The van der Waals surface area contributed by atoms with Gasteiger partial charge in [-0.2, -0.15) is 0 Å². The molecule has 2 heterocycles. The van der Waals surface area contributed by atoms with E-state index in [-0.39, 0.29) is 11.9 Å². The SMILES string of the molecule is Fc1cnccc1[C@@H]1CO1. The third kappa shape index (κ3) is 0.885. The van der Waals surface area contributed by atoms with E-state index in [9.17, 15) is 4.39 Å². The highest BCUT2D eigenvalue weighted by Gasteiger charge is 2.27. The first kappa shape index (κ1) is 5.80. The van der Waals surface area contributed by atoms with Crippen LogP contribution in [0.1, 0.15) is 11.7 Å². The maximum Gasteiger partial charge on any atom is 0.147 e. The van der Waals surface area contributed by atoms with Crippen LogP contribution in [0.3, 0.4) is 0 Å². The molecule has 2 nitrogen and oxygen atoms in total. The summed E-state index contributed by atoms with van der Waals surface area (Å²) in [4.78, 5) is 3.62. The Labute approximate surface area is 57.7 Å². The summed E-state index contributed by atoms with van der Waals surface area (Å²) in [6, 6.07) is 1.65. The van der Waals surface area contributed by atoms with E-state index >= 15 is 0 Å². The summed E-state index contributed by atoms with van der Waals surface area (Å²) in [5, 5.41) is 0. The second-order valence-corrected chi connectivity index (χ2v) is 2.22. The Bertz CT molecular complexity index is 247. The van der Waals surface area contributed by atoms with Gasteiger partial charge in [0.2, 0.25) is 0 Å². The van der Waals surface area contributed by atoms with Crippen molar-refractivity contribution >= 4 is 0 Å². The average molecular weight is 139 g/mol. The van der Waals surface area contributed by atoms with Crippen LogP contribution in [0, 0.1) is 5.82 Å². The van der Waals surface area contributed by atoms with Crippen LogP contribution in [-0.2, 0) is 4.74 Å². The molecule has 1 aliphatic heterocycles. The Balaban J connectivity index is 2.39. The van der Waals surface area contributed by atoms with Crippen molar-refractivity contribution in [1.82, 2.24) is 4.98 Å². The van der Waals surface area contributed by atoms with Crippen LogP contribution in [0.5, 0.6) is 0 Å². The fourth-order valence-corrected chi connectivity index (χ4v) is 0.875. The van der Waals surface area contributed by atoms with Crippen molar-refractivity contribution in [3.8, 4) is 0 Å². The molecule has 52 valence electrons. The first-order valence-corrected chi connectivity index (χ1v) is 3.09. The van der Waals surface area contributed by atoms with Crippen molar-refractivity contribution in [2.24, 2.45) is 0 Å². The van der Waals surface area contributed by atoms with Crippen molar-refractivity contribution in [2.75, 3.05) is 6.61 Å². The molecule has 1 atom stereocenters. The minimum Gasteiger partial charge on any atom is -0.368 e. The molecule has 1 saturated heterocycles. The molecule has 0 aromatic carbocycles. The molecule has 1 aliphatic rings. The summed E-state index contributed by atoms with van der Waals surface area (Å²) in [7, 11) is 0. The van der Waals surface area contributed by atoms with Gasteiger partial charge in [0, 0.05) is 11.8 Å². The lowest BCUT2D eigenvalue weighted by atomic mass is 10.2. The number of hydrogen-bond donors (Lipinski definition) is 0. The second kappa shape index (κ2) is 2.02. The number of nitrogens with zero attached hydrogens (tertiary/aromatic N) is 1. The van der Waals surface area contributed by atoms with Gasteiger partial charge in [-0.25, -0.2) is 4.39 Å². The fraction of sp³-hybridized carbons (Fsp3) is 0.286. The Morgan fingerprint density at radius 3 is 3.10 bits per heavy atom. The zero-order valence-electron chi connectivity index (χ0n) is 5.25. The van der Waals surface area contributed by atoms with Crippen LogP contribution in [0.15, 0.2) is 18.5 Å². The van der Waals surface area contributed by atoms with E-state index < -0.39 is 0 Å². The molecule has 0 spiro atoms. The number of ether oxygens (including phenoxy) is 1. The Hall–Kier alpha value is -0.960. The van der Waals surface area contributed by atoms with E-state index in [1.165, 1.54) is 6.20 Å². The molecular formula is C7H6FNO. The van der Waals surface area contributed by atoms with Gasteiger partial charge in [-0.15, -0.1) is 0 Å². The standard InChI is InChI=1S/C7H6FNO/c8-6-3-9-2-1-5(6)7-4-10-7/h1-3,7H,4H2/t7-/m0/s1. The number of rotatable bonds is 1. The molecule has 3 heteroatoms. The van der Waals surface area contributed by atoms with Crippen molar-refractivity contribution in [1.29, 1.82) is 0 Å². The highest BCUT2D eigenvalue weighted by molar-refractivity contribution is 5.18. The molecule has 1 aromatic rings. The van der Waals surface area contributed by atoms with Gasteiger partial charge in [0.1, 0.15) is 11.9 Å². The molecular weight excluding hydrogens is 133 g/mol. The van der Waals surface area contributed by atoms with Gasteiger partial charge in [0.15, 0.2) is 0 Å². The lowest BCUT2D eigenvalue weighted by Crippen LogP contribution is -1.87. The van der Waals surface area contributed by atoms with Crippen LogP contribution < -0.4 is 0 Å². The van der Waals surface area contributed by atoms with Crippen molar-refractivity contribution in [3.05, 3.63) is 29.8 Å². The molecule has 0 aliphatic carbocycles. The van der Waals surface area contributed by atoms with Crippen molar-refractivity contribution in [3.63, 3.8) is 0 Å². The van der Waals surface area contributed by atoms with Crippen LogP contribution in [0.25, 0.3) is 0 Å². The van der Waals surface area contributed by atoms with Gasteiger partial charge in [0.05, 0.1) is 12.8 Å². The average Bonchev–Trinajstić information content (AvgIpc) is 2.71. The Morgan fingerprint density at radius 2 is 2.50 bits per heavy atom. The first-order valence-electron chi connectivity index (χ1n) is 3.09. The molecule has 2 rings (SSSR count). The molecule has 0 unspecified atom stereocenters. The van der Waals surface area contributed by atoms with E-state index in [2.05, 4.69) is 4.98 Å². The maximum absolute atomic E-state index is 12.7. The predicted octanol–water partition coefficient (Wildman–Crippen LogP) is 1.29. The zero-order valence-corrected chi connectivity index (χ0v) is 5.25. The van der Waals surface area contributed by atoms with E-state index in [1.54, 1.807) is 12.3 Å². The normalized spacial score (nSPS) is 22.7. The van der Waals surface area contributed by atoms with E-state index in [1.807, 2.05) is 0 Å². The number of hydrogen-bond acceptors (Lipinski definition) is 2.